The molecule has 6 N–H and O–H groups in total. The van der Waals surface area contributed by atoms with Crippen LogP contribution in [0.4, 0.5) is 0 Å². The third kappa shape index (κ3) is 3.02. The Bertz CT molecular complexity index is 428. The lowest BCUT2D eigenvalue weighted by Crippen LogP contribution is -3.00. The summed E-state index contributed by atoms with van der Waals surface area (Å²) in [6.45, 7) is 0. The van der Waals surface area contributed by atoms with Gasteiger partial charge in [-0.3, -0.25) is 4.79 Å². The lowest BCUT2D eigenvalue weighted by Gasteiger charge is -2.32. The van der Waals surface area contributed by atoms with Crippen molar-refractivity contribution in [3.8, 4) is 0 Å². The Balaban J connectivity index is 0.00000144. The number of ketones is 1. The highest BCUT2D eigenvalue weighted by molar-refractivity contribution is 6.31. The van der Waals surface area contributed by atoms with Crippen molar-refractivity contribution in [2.75, 3.05) is 0 Å². The molecule has 2 rings (SSSR count). The van der Waals surface area contributed by atoms with E-state index in [2.05, 4.69) is 5.73 Å². The molecule has 18 heavy (non-hydrogen) atoms. The summed E-state index contributed by atoms with van der Waals surface area (Å²) >= 11 is 6.09. The molecule has 0 spiro atoms. The van der Waals surface area contributed by atoms with Crippen LogP contribution in [0.25, 0.3) is 0 Å². The molecule has 0 heterocycles. The van der Waals surface area contributed by atoms with Gasteiger partial charge < -0.3 is 28.7 Å². The van der Waals surface area contributed by atoms with E-state index >= 15 is 0 Å². The SMILES string of the molecule is O.[Cl-].[NH3+][C@]1(c2ccccc2Cl)C[C@H](O)CCC1=O. The van der Waals surface area contributed by atoms with Crippen LogP contribution in [-0.2, 0) is 10.3 Å². The van der Waals surface area contributed by atoms with Crippen LogP contribution in [-0.4, -0.2) is 22.5 Å². The Morgan fingerprint density at radius 1 is 1.39 bits per heavy atom. The van der Waals surface area contributed by atoms with E-state index in [1.165, 1.54) is 0 Å². The summed E-state index contributed by atoms with van der Waals surface area (Å²) in [6, 6.07) is 7.21. The molecular formula is C12H17Cl2NO3. The minimum Gasteiger partial charge on any atom is -1.00 e. The van der Waals surface area contributed by atoms with Crippen LogP contribution >= 0.6 is 11.6 Å². The first-order valence-electron chi connectivity index (χ1n) is 5.36. The van der Waals surface area contributed by atoms with Crippen molar-refractivity contribution in [3.63, 3.8) is 0 Å². The summed E-state index contributed by atoms with van der Waals surface area (Å²) in [5.74, 6) is 0.0610. The van der Waals surface area contributed by atoms with Gasteiger partial charge in [0.25, 0.3) is 0 Å². The van der Waals surface area contributed by atoms with Crippen molar-refractivity contribution < 1.29 is 33.5 Å². The molecule has 1 aromatic rings. The van der Waals surface area contributed by atoms with Crippen molar-refractivity contribution in [3.05, 3.63) is 34.9 Å². The van der Waals surface area contributed by atoms with Crippen LogP contribution in [0.15, 0.2) is 24.3 Å². The number of hydrogen-bond acceptors (Lipinski definition) is 2. The van der Waals surface area contributed by atoms with Gasteiger partial charge in [-0.25, -0.2) is 0 Å². The van der Waals surface area contributed by atoms with Crippen LogP contribution in [0, 0.1) is 0 Å². The van der Waals surface area contributed by atoms with E-state index in [1.54, 1.807) is 6.07 Å². The molecule has 0 radical (unpaired) electrons. The average Bonchev–Trinajstić information content (AvgIpc) is 2.24. The second-order valence-corrected chi connectivity index (χ2v) is 4.79. The summed E-state index contributed by atoms with van der Waals surface area (Å²) in [5.41, 5.74) is 3.84. The second kappa shape index (κ2) is 6.50. The molecule has 6 heteroatoms. The van der Waals surface area contributed by atoms with Crippen LogP contribution in [0.3, 0.4) is 0 Å². The monoisotopic (exact) mass is 293 g/mol. The summed E-state index contributed by atoms with van der Waals surface area (Å²) < 4.78 is 0. The standard InChI is InChI=1S/C12H14ClNO2.ClH.H2O/c13-10-4-2-1-3-9(10)12(14)7-8(15)5-6-11(12)16;;/h1-4,8,15H,5-7,14H2;1H;1H2/t8-,12+;;/m1../s1. The fourth-order valence-electron chi connectivity index (χ4n) is 2.26. The van der Waals surface area contributed by atoms with Gasteiger partial charge in [0.05, 0.1) is 11.1 Å². The predicted octanol–water partition coefficient (Wildman–Crippen LogP) is -2.93. The van der Waals surface area contributed by atoms with Gasteiger partial charge in [-0.2, -0.15) is 0 Å². The highest BCUT2D eigenvalue weighted by Gasteiger charge is 2.45. The molecule has 0 bridgehead atoms. The molecule has 4 nitrogen and oxygen atoms in total. The van der Waals surface area contributed by atoms with E-state index in [0.29, 0.717) is 24.3 Å². The summed E-state index contributed by atoms with van der Waals surface area (Å²) in [4.78, 5) is 12.0. The normalized spacial score (nSPS) is 27.1. The average molecular weight is 294 g/mol. The highest BCUT2D eigenvalue weighted by atomic mass is 35.5. The molecule has 0 aromatic heterocycles. The topological polar surface area (TPSA) is 96.4 Å². The minimum atomic E-state index is -0.879. The van der Waals surface area contributed by atoms with Crippen molar-refractivity contribution in [1.29, 1.82) is 0 Å². The first kappa shape index (κ1) is 17.4. The lowest BCUT2D eigenvalue weighted by atomic mass is 9.75. The number of rotatable bonds is 1. The second-order valence-electron chi connectivity index (χ2n) is 4.38. The number of halogens is 2. The highest BCUT2D eigenvalue weighted by Crippen LogP contribution is 2.34. The number of carbonyl (C=O) groups excluding carboxylic acids is 1. The molecule has 0 saturated heterocycles. The Morgan fingerprint density at radius 3 is 2.61 bits per heavy atom. The van der Waals surface area contributed by atoms with Crippen LogP contribution in [0.1, 0.15) is 24.8 Å². The molecule has 0 aliphatic heterocycles. The van der Waals surface area contributed by atoms with Gasteiger partial charge in [0, 0.05) is 18.4 Å². The molecular weight excluding hydrogens is 277 g/mol. The van der Waals surface area contributed by atoms with E-state index in [0.717, 1.165) is 5.56 Å². The minimum absolute atomic E-state index is 0. The molecule has 0 unspecified atom stereocenters. The first-order valence-corrected chi connectivity index (χ1v) is 5.73. The summed E-state index contributed by atoms with van der Waals surface area (Å²) in [6.07, 6.45) is 0.790. The third-order valence-corrected chi connectivity index (χ3v) is 3.54. The Kier molecular flexibility index (Phi) is 6.26. The van der Waals surface area contributed by atoms with Gasteiger partial charge in [0.1, 0.15) is 0 Å². The first-order chi connectivity index (χ1) is 7.54. The van der Waals surface area contributed by atoms with Gasteiger partial charge in [0.2, 0.25) is 0 Å². The van der Waals surface area contributed by atoms with Crippen LogP contribution in [0.2, 0.25) is 5.02 Å². The largest absolute Gasteiger partial charge is 1.00 e. The van der Waals surface area contributed by atoms with Crippen molar-refractivity contribution in [2.24, 2.45) is 0 Å². The maximum atomic E-state index is 12.0. The number of hydrogen-bond donors (Lipinski definition) is 2. The van der Waals surface area contributed by atoms with E-state index in [-0.39, 0.29) is 23.7 Å². The van der Waals surface area contributed by atoms with E-state index in [1.807, 2.05) is 18.2 Å². The number of aliphatic hydroxyl groups is 1. The fourth-order valence-corrected chi connectivity index (χ4v) is 2.58. The molecule has 1 saturated carbocycles. The number of benzene rings is 1. The quantitative estimate of drug-likeness (QED) is 0.580. The van der Waals surface area contributed by atoms with Crippen molar-refractivity contribution in [2.45, 2.75) is 30.9 Å². The number of Topliss-reactive ketones (excluding diaryl/α,β-unsaturated/α-hetero) is 1. The van der Waals surface area contributed by atoms with Crippen LogP contribution < -0.4 is 18.1 Å². The molecule has 1 aromatic carbocycles. The fraction of sp³-hybridized carbons (Fsp3) is 0.417. The van der Waals surface area contributed by atoms with E-state index < -0.39 is 11.6 Å². The van der Waals surface area contributed by atoms with Crippen molar-refractivity contribution in [1.82, 2.24) is 0 Å². The Morgan fingerprint density at radius 2 is 2.00 bits per heavy atom. The predicted molar refractivity (Wildman–Crippen MR) is 64.5 cm³/mol. The number of carbonyl (C=O) groups is 1. The lowest BCUT2D eigenvalue weighted by molar-refractivity contribution is -0.473. The maximum absolute atomic E-state index is 12.0. The zero-order valence-corrected chi connectivity index (χ0v) is 11.3. The molecule has 1 aliphatic rings. The van der Waals surface area contributed by atoms with Gasteiger partial charge in [-0.15, -0.1) is 0 Å². The van der Waals surface area contributed by atoms with E-state index in [9.17, 15) is 9.90 Å². The molecule has 102 valence electrons. The number of quaternary nitrogens is 1. The summed E-state index contributed by atoms with van der Waals surface area (Å²) in [7, 11) is 0. The van der Waals surface area contributed by atoms with Crippen molar-refractivity contribution >= 4 is 17.4 Å². The van der Waals surface area contributed by atoms with E-state index in [4.69, 9.17) is 11.6 Å². The van der Waals surface area contributed by atoms with Gasteiger partial charge >= 0.3 is 0 Å². The zero-order valence-electron chi connectivity index (χ0n) is 9.83. The van der Waals surface area contributed by atoms with Crippen LogP contribution in [0.5, 0.6) is 0 Å². The van der Waals surface area contributed by atoms with Gasteiger partial charge in [-0.1, -0.05) is 29.8 Å². The molecule has 1 fully saturated rings. The van der Waals surface area contributed by atoms with Gasteiger partial charge in [0.15, 0.2) is 11.3 Å². The smallest absolute Gasteiger partial charge is 0.197 e. The third-order valence-electron chi connectivity index (χ3n) is 3.21. The number of aliphatic hydroxyl groups excluding tert-OH is 1. The Labute approximate surface area is 117 Å². The summed E-state index contributed by atoms with van der Waals surface area (Å²) in [5, 5.41) is 10.2. The maximum Gasteiger partial charge on any atom is 0.197 e. The molecule has 1 aliphatic carbocycles. The zero-order chi connectivity index (χ0) is 11.8. The molecule has 0 amide bonds. The molecule has 2 atom stereocenters. The van der Waals surface area contributed by atoms with Gasteiger partial charge in [-0.05, 0) is 12.5 Å². The Hall–Kier alpha value is -0.650.